The van der Waals surface area contributed by atoms with E-state index in [2.05, 4.69) is 5.32 Å². The summed E-state index contributed by atoms with van der Waals surface area (Å²) in [6.07, 6.45) is 0.545. The summed E-state index contributed by atoms with van der Waals surface area (Å²) in [5, 5.41) is 2.65. The Morgan fingerprint density at radius 3 is 2.43 bits per heavy atom. The van der Waals surface area contributed by atoms with Crippen molar-refractivity contribution in [3.8, 4) is 17.1 Å². The third kappa shape index (κ3) is 5.48. The molecule has 3 rings (SSSR count). The summed E-state index contributed by atoms with van der Waals surface area (Å²) < 4.78 is 15.8. The number of hydrogen-bond donors (Lipinski definition) is 1. The van der Waals surface area contributed by atoms with Crippen molar-refractivity contribution in [1.82, 2.24) is 0 Å². The van der Waals surface area contributed by atoms with E-state index in [1.165, 1.54) is 0 Å². The van der Waals surface area contributed by atoms with Gasteiger partial charge < -0.3 is 19.2 Å². The van der Waals surface area contributed by atoms with E-state index in [0.29, 0.717) is 23.6 Å². The molecule has 0 saturated heterocycles. The highest BCUT2D eigenvalue weighted by Crippen LogP contribution is 2.22. The molecule has 0 aliphatic carbocycles. The fraction of sp³-hybridized carbons (Fsp3) is 0.182. The molecular formula is C22H21NO5. The zero-order valence-electron chi connectivity index (χ0n) is 15.5. The number of esters is 1. The summed E-state index contributed by atoms with van der Waals surface area (Å²) >= 11 is 0. The third-order valence-electron chi connectivity index (χ3n) is 4.03. The van der Waals surface area contributed by atoms with Gasteiger partial charge in [-0.15, -0.1) is 0 Å². The van der Waals surface area contributed by atoms with Gasteiger partial charge >= 0.3 is 5.97 Å². The predicted molar refractivity (Wildman–Crippen MR) is 105 cm³/mol. The highest BCUT2D eigenvalue weighted by atomic mass is 16.5. The van der Waals surface area contributed by atoms with Crippen molar-refractivity contribution in [3.63, 3.8) is 0 Å². The molecule has 2 aromatic carbocycles. The Hall–Kier alpha value is -3.54. The van der Waals surface area contributed by atoms with Crippen LogP contribution in [0.3, 0.4) is 0 Å². The molecule has 6 nitrogen and oxygen atoms in total. The van der Waals surface area contributed by atoms with Crippen LogP contribution in [-0.2, 0) is 20.7 Å². The van der Waals surface area contributed by atoms with E-state index in [0.717, 1.165) is 11.3 Å². The van der Waals surface area contributed by atoms with Gasteiger partial charge in [-0.1, -0.05) is 30.3 Å². The molecule has 1 N–H and O–H groups in total. The molecule has 0 atom stereocenters. The highest BCUT2D eigenvalue weighted by molar-refractivity contribution is 5.92. The maximum absolute atomic E-state index is 11.9. The first-order valence-electron chi connectivity index (χ1n) is 8.88. The van der Waals surface area contributed by atoms with Crippen LogP contribution in [0.15, 0.2) is 71.1 Å². The van der Waals surface area contributed by atoms with Gasteiger partial charge in [0.2, 0.25) is 0 Å². The minimum Gasteiger partial charge on any atom is -0.497 e. The number of carbonyl (C=O) groups is 2. The molecular weight excluding hydrogens is 358 g/mol. The Morgan fingerprint density at radius 1 is 0.964 bits per heavy atom. The van der Waals surface area contributed by atoms with Gasteiger partial charge in [0.25, 0.3) is 5.91 Å². The molecule has 6 heteroatoms. The lowest BCUT2D eigenvalue weighted by Crippen LogP contribution is -2.21. The first-order valence-corrected chi connectivity index (χ1v) is 8.88. The third-order valence-corrected chi connectivity index (χ3v) is 4.03. The van der Waals surface area contributed by atoms with E-state index >= 15 is 0 Å². The number of furan rings is 1. The number of nitrogens with one attached hydrogen (secondary N) is 1. The second-order valence-corrected chi connectivity index (χ2v) is 6.07. The van der Waals surface area contributed by atoms with Crippen LogP contribution in [0, 0.1) is 0 Å². The van der Waals surface area contributed by atoms with Crippen LogP contribution in [0.2, 0.25) is 0 Å². The van der Waals surface area contributed by atoms with Crippen molar-refractivity contribution in [2.24, 2.45) is 0 Å². The Bertz CT molecular complexity index is 916. The number of carbonyl (C=O) groups excluding carboxylic acids is 2. The number of methoxy groups -OCH3 is 1. The van der Waals surface area contributed by atoms with Crippen LogP contribution in [0.5, 0.6) is 5.75 Å². The summed E-state index contributed by atoms with van der Waals surface area (Å²) in [7, 11) is 1.57. The molecule has 0 fully saturated rings. The standard InChI is InChI=1S/C22H21NO5/c1-26-18-9-7-17(8-10-18)23-21(24)15-27-22(25)14-12-19-11-13-20(28-19)16-5-3-2-4-6-16/h2-11,13H,12,14-15H2,1H3,(H,23,24). The van der Waals surface area contributed by atoms with Crippen molar-refractivity contribution in [2.45, 2.75) is 12.8 Å². The zero-order chi connectivity index (χ0) is 19.8. The van der Waals surface area contributed by atoms with E-state index in [9.17, 15) is 9.59 Å². The number of benzene rings is 2. The number of ether oxygens (including phenoxy) is 2. The van der Waals surface area contributed by atoms with Gasteiger partial charge in [-0.05, 0) is 36.4 Å². The maximum atomic E-state index is 11.9. The normalized spacial score (nSPS) is 10.3. The molecule has 1 aromatic heterocycles. The van der Waals surface area contributed by atoms with Crippen LogP contribution in [0.25, 0.3) is 11.3 Å². The SMILES string of the molecule is COc1ccc(NC(=O)COC(=O)CCc2ccc(-c3ccccc3)o2)cc1. The largest absolute Gasteiger partial charge is 0.497 e. The van der Waals surface area contributed by atoms with Crippen LogP contribution >= 0.6 is 0 Å². The monoisotopic (exact) mass is 379 g/mol. The van der Waals surface area contributed by atoms with Gasteiger partial charge in [-0.3, -0.25) is 9.59 Å². The molecule has 0 aliphatic heterocycles. The molecule has 0 saturated carbocycles. The molecule has 3 aromatic rings. The van der Waals surface area contributed by atoms with Gasteiger partial charge in [0, 0.05) is 17.7 Å². The lowest BCUT2D eigenvalue weighted by Gasteiger charge is -2.07. The highest BCUT2D eigenvalue weighted by Gasteiger charge is 2.11. The molecule has 1 heterocycles. The summed E-state index contributed by atoms with van der Waals surface area (Å²) in [5.74, 6) is 1.28. The van der Waals surface area contributed by atoms with Gasteiger partial charge in [0.15, 0.2) is 6.61 Å². The summed E-state index contributed by atoms with van der Waals surface area (Å²) in [4.78, 5) is 23.7. The Morgan fingerprint density at radius 2 is 1.71 bits per heavy atom. The van der Waals surface area contributed by atoms with Crippen molar-refractivity contribution < 1.29 is 23.5 Å². The molecule has 0 bridgehead atoms. The Balaban J connectivity index is 1.40. The van der Waals surface area contributed by atoms with Crippen molar-refractivity contribution >= 4 is 17.6 Å². The minimum atomic E-state index is -0.456. The average Bonchev–Trinajstić information content (AvgIpc) is 3.21. The number of rotatable bonds is 8. The molecule has 0 aliphatic rings. The number of hydrogen-bond acceptors (Lipinski definition) is 5. The summed E-state index contributed by atoms with van der Waals surface area (Å²) in [6.45, 7) is -0.335. The molecule has 0 unspecified atom stereocenters. The Kier molecular flexibility index (Phi) is 6.46. The van der Waals surface area contributed by atoms with Crippen LogP contribution in [-0.4, -0.2) is 25.6 Å². The summed E-state index contributed by atoms with van der Waals surface area (Å²) in [6, 6.07) is 20.3. The second-order valence-electron chi connectivity index (χ2n) is 6.07. The number of aryl methyl sites for hydroxylation is 1. The quantitative estimate of drug-likeness (QED) is 0.597. The number of amides is 1. The van der Waals surface area contributed by atoms with E-state index < -0.39 is 11.9 Å². The maximum Gasteiger partial charge on any atom is 0.306 e. The first kappa shape index (κ1) is 19.2. The topological polar surface area (TPSA) is 77.8 Å². The van der Waals surface area contributed by atoms with E-state index in [1.54, 1.807) is 31.4 Å². The predicted octanol–water partition coefficient (Wildman–Crippen LogP) is 4.07. The van der Waals surface area contributed by atoms with Gasteiger partial charge in [-0.25, -0.2) is 0 Å². The van der Waals surface area contributed by atoms with Crippen LogP contribution in [0.4, 0.5) is 5.69 Å². The van der Waals surface area contributed by atoms with Crippen molar-refractivity contribution in [3.05, 3.63) is 72.5 Å². The molecule has 28 heavy (non-hydrogen) atoms. The fourth-order valence-electron chi connectivity index (χ4n) is 2.58. The van der Waals surface area contributed by atoms with E-state index in [-0.39, 0.29) is 13.0 Å². The molecule has 1 amide bonds. The minimum absolute atomic E-state index is 0.136. The first-order chi connectivity index (χ1) is 13.6. The number of anilines is 1. The lowest BCUT2D eigenvalue weighted by atomic mass is 10.2. The molecule has 0 radical (unpaired) electrons. The van der Waals surface area contributed by atoms with E-state index in [4.69, 9.17) is 13.9 Å². The van der Waals surface area contributed by atoms with Crippen LogP contribution < -0.4 is 10.1 Å². The van der Waals surface area contributed by atoms with Crippen LogP contribution in [0.1, 0.15) is 12.2 Å². The van der Waals surface area contributed by atoms with E-state index in [1.807, 2.05) is 42.5 Å². The van der Waals surface area contributed by atoms with Gasteiger partial charge in [0.05, 0.1) is 13.5 Å². The van der Waals surface area contributed by atoms with Gasteiger partial charge in [-0.2, -0.15) is 0 Å². The van der Waals surface area contributed by atoms with Gasteiger partial charge in [0.1, 0.15) is 17.3 Å². The fourth-order valence-corrected chi connectivity index (χ4v) is 2.58. The van der Waals surface area contributed by atoms with Crippen molar-refractivity contribution in [2.75, 3.05) is 19.0 Å². The molecule has 144 valence electrons. The zero-order valence-corrected chi connectivity index (χ0v) is 15.5. The lowest BCUT2D eigenvalue weighted by molar-refractivity contribution is -0.147. The smallest absolute Gasteiger partial charge is 0.306 e. The Labute approximate surface area is 163 Å². The second kappa shape index (κ2) is 9.41. The summed E-state index contributed by atoms with van der Waals surface area (Å²) in [5.41, 5.74) is 1.58. The average molecular weight is 379 g/mol. The molecule has 0 spiro atoms. The van der Waals surface area contributed by atoms with Crippen molar-refractivity contribution in [1.29, 1.82) is 0 Å².